The van der Waals surface area contributed by atoms with Gasteiger partial charge >= 0.3 is 5.97 Å². The van der Waals surface area contributed by atoms with Crippen LogP contribution in [0.4, 0.5) is 4.39 Å². The van der Waals surface area contributed by atoms with Crippen LogP contribution >= 0.6 is 0 Å². The zero-order chi connectivity index (χ0) is 11.6. The lowest BCUT2D eigenvalue weighted by atomic mass is 9.96. The fraction of sp³-hybridized carbons (Fsp3) is 0.417. The van der Waals surface area contributed by atoms with Crippen molar-refractivity contribution in [3.8, 4) is 0 Å². The van der Waals surface area contributed by atoms with Crippen molar-refractivity contribution < 1.29 is 14.3 Å². The first-order valence-corrected chi connectivity index (χ1v) is 4.90. The molecule has 0 aliphatic carbocycles. The summed E-state index contributed by atoms with van der Waals surface area (Å²) in [7, 11) is 0. The van der Waals surface area contributed by atoms with Gasteiger partial charge in [-0.2, -0.15) is 0 Å². The van der Waals surface area contributed by atoms with Crippen LogP contribution in [0.25, 0.3) is 0 Å². The summed E-state index contributed by atoms with van der Waals surface area (Å²) in [6.07, 6.45) is 0.243. The molecule has 0 amide bonds. The highest BCUT2D eigenvalue weighted by molar-refractivity contribution is 5.70. The maximum Gasteiger partial charge on any atom is 0.306 e. The van der Waals surface area contributed by atoms with Crippen molar-refractivity contribution in [2.75, 3.05) is 0 Å². The molecule has 2 nitrogen and oxygen atoms in total. The summed E-state index contributed by atoms with van der Waals surface area (Å²) in [5, 5.41) is 8.76. The summed E-state index contributed by atoms with van der Waals surface area (Å²) in [5.41, 5.74) is 2.19. The molecule has 0 aliphatic rings. The second kappa shape index (κ2) is 4.43. The van der Waals surface area contributed by atoms with Crippen LogP contribution in [-0.4, -0.2) is 11.1 Å². The molecule has 1 atom stereocenters. The highest BCUT2D eigenvalue weighted by Crippen LogP contribution is 2.19. The molecule has 0 bridgehead atoms. The predicted molar refractivity (Wildman–Crippen MR) is 56.4 cm³/mol. The van der Waals surface area contributed by atoms with Gasteiger partial charge < -0.3 is 5.11 Å². The molecule has 0 spiro atoms. The number of aliphatic carboxylic acids is 1. The predicted octanol–water partition coefficient (Wildman–Crippen LogP) is 2.71. The molecule has 1 aromatic carbocycles. The van der Waals surface area contributed by atoms with E-state index in [1.54, 1.807) is 13.8 Å². The molecule has 0 saturated heterocycles. The van der Waals surface area contributed by atoms with Crippen molar-refractivity contribution in [1.29, 1.82) is 0 Å². The lowest BCUT2D eigenvalue weighted by Crippen LogP contribution is -2.14. The van der Waals surface area contributed by atoms with Crippen LogP contribution < -0.4 is 0 Å². The molecule has 1 unspecified atom stereocenters. The molecule has 1 rings (SSSR count). The van der Waals surface area contributed by atoms with Gasteiger partial charge in [0.15, 0.2) is 0 Å². The molecule has 0 radical (unpaired) electrons. The van der Waals surface area contributed by atoms with Gasteiger partial charge in [-0.05, 0) is 43.0 Å². The van der Waals surface area contributed by atoms with Gasteiger partial charge in [-0.3, -0.25) is 4.79 Å². The number of hydrogen-bond acceptors (Lipinski definition) is 1. The Morgan fingerprint density at radius 1 is 1.47 bits per heavy atom. The second-order valence-corrected chi connectivity index (χ2v) is 3.99. The van der Waals surface area contributed by atoms with Crippen LogP contribution in [0.1, 0.15) is 23.6 Å². The normalized spacial score (nSPS) is 12.5. The Kier molecular flexibility index (Phi) is 3.45. The maximum atomic E-state index is 13.5. The largest absolute Gasteiger partial charge is 0.481 e. The summed E-state index contributed by atoms with van der Waals surface area (Å²) in [6, 6.07) is 3.31. The minimum atomic E-state index is -0.894. The van der Waals surface area contributed by atoms with Gasteiger partial charge in [0.05, 0.1) is 5.92 Å². The first-order chi connectivity index (χ1) is 6.91. The molecule has 0 saturated carbocycles. The first-order valence-electron chi connectivity index (χ1n) is 4.90. The highest BCUT2D eigenvalue weighted by Gasteiger charge is 2.16. The molecule has 1 N–H and O–H groups in total. The molecule has 0 heterocycles. The fourth-order valence-electron chi connectivity index (χ4n) is 1.60. The van der Waals surface area contributed by atoms with Crippen LogP contribution in [0.5, 0.6) is 0 Å². The molecule has 0 aliphatic heterocycles. The Hall–Kier alpha value is -1.38. The molecule has 15 heavy (non-hydrogen) atoms. The van der Waals surface area contributed by atoms with E-state index < -0.39 is 11.9 Å². The summed E-state index contributed by atoms with van der Waals surface area (Å²) < 4.78 is 13.5. The van der Waals surface area contributed by atoms with E-state index >= 15 is 0 Å². The molecular weight excluding hydrogens is 195 g/mol. The van der Waals surface area contributed by atoms with Crippen LogP contribution in [0.3, 0.4) is 0 Å². The number of rotatable bonds is 3. The topological polar surface area (TPSA) is 37.3 Å². The minimum Gasteiger partial charge on any atom is -0.481 e. The van der Waals surface area contributed by atoms with Crippen LogP contribution in [0.2, 0.25) is 0 Å². The third kappa shape index (κ3) is 2.78. The Morgan fingerprint density at radius 2 is 2.07 bits per heavy atom. The quantitative estimate of drug-likeness (QED) is 0.832. The molecule has 0 aromatic heterocycles. The Bertz CT molecular complexity index is 362. The molecule has 0 fully saturated rings. The fourth-order valence-corrected chi connectivity index (χ4v) is 1.60. The van der Waals surface area contributed by atoms with Gasteiger partial charge in [0.1, 0.15) is 5.82 Å². The molecule has 3 heteroatoms. The average molecular weight is 210 g/mol. The number of halogens is 1. The molecule has 1 aromatic rings. The maximum absolute atomic E-state index is 13.5. The standard InChI is InChI=1S/C12H15FO2/c1-7-4-8(2)10(11(13)5-7)6-9(3)12(14)15/h4-5,9H,6H2,1-3H3,(H,14,15). The van der Waals surface area contributed by atoms with Gasteiger partial charge in [-0.1, -0.05) is 13.0 Å². The first kappa shape index (κ1) is 11.7. The van der Waals surface area contributed by atoms with E-state index in [9.17, 15) is 9.18 Å². The summed E-state index contributed by atoms with van der Waals surface area (Å²) in [5.74, 6) is -1.75. The Balaban J connectivity index is 3.00. The number of carbonyl (C=O) groups is 1. The Labute approximate surface area is 88.7 Å². The van der Waals surface area contributed by atoms with Gasteiger partial charge in [0, 0.05) is 0 Å². The molecular formula is C12H15FO2. The summed E-state index contributed by atoms with van der Waals surface area (Å²) in [6.45, 7) is 5.21. The average Bonchev–Trinajstić information content (AvgIpc) is 2.10. The lowest BCUT2D eigenvalue weighted by Gasteiger charge is -2.11. The van der Waals surface area contributed by atoms with E-state index in [-0.39, 0.29) is 12.2 Å². The van der Waals surface area contributed by atoms with Crippen LogP contribution in [-0.2, 0) is 11.2 Å². The van der Waals surface area contributed by atoms with Gasteiger partial charge in [-0.15, -0.1) is 0 Å². The van der Waals surface area contributed by atoms with Crippen molar-refractivity contribution in [2.24, 2.45) is 5.92 Å². The van der Waals surface area contributed by atoms with E-state index in [2.05, 4.69) is 0 Å². The number of carboxylic acids is 1. The third-order valence-electron chi connectivity index (χ3n) is 2.49. The zero-order valence-electron chi connectivity index (χ0n) is 9.17. The monoisotopic (exact) mass is 210 g/mol. The summed E-state index contributed by atoms with van der Waals surface area (Å²) in [4.78, 5) is 10.7. The molecule has 82 valence electrons. The van der Waals surface area contributed by atoms with Crippen LogP contribution in [0.15, 0.2) is 12.1 Å². The number of aryl methyl sites for hydroxylation is 2. The third-order valence-corrected chi connectivity index (χ3v) is 2.49. The van der Waals surface area contributed by atoms with Crippen molar-refractivity contribution in [2.45, 2.75) is 27.2 Å². The Morgan fingerprint density at radius 3 is 2.53 bits per heavy atom. The van der Waals surface area contributed by atoms with Gasteiger partial charge in [0.25, 0.3) is 0 Å². The van der Waals surface area contributed by atoms with Crippen molar-refractivity contribution in [3.63, 3.8) is 0 Å². The van der Waals surface area contributed by atoms with Crippen molar-refractivity contribution in [1.82, 2.24) is 0 Å². The summed E-state index contributed by atoms with van der Waals surface area (Å²) >= 11 is 0. The van der Waals surface area contributed by atoms with Crippen molar-refractivity contribution in [3.05, 3.63) is 34.6 Å². The van der Waals surface area contributed by atoms with E-state index in [0.29, 0.717) is 5.56 Å². The zero-order valence-corrected chi connectivity index (χ0v) is 9.17. The van der Waals surface area contributed by atoms with E-state index in [0.717, 1.165) is 11.1 Å². The number of benzene rings is 1. The van der Waals surface area contributed by atoms with Crippen molar-refractivity contribution >= 4 is 5.97 Å². The second-order valence-electron chi connectivity index (χ2n) is 3.99. The van der Waals surface area contributed by atoms with Gasteiger partial charge in [0.2, 0.25) is 0 Å². The van der Waals surface area contributed by atoms with Crippen LogP contribution in [0, 0.1) is 25.6 Å². The number of carboxylic acid groups (broad SMARTS) is 1. The SMILES string of the molecule is Cc1cc(C)c(CC(C)C(=O)O)c(F)c1. The van der Waals surface area contributed by atoms with E-state index in [4.69, 9.17) is 5.11 Å². The highest BCUT2D eigenvalue weighted by atomic mass is 19.1. The lowest BCUT2D eigenvalue weighted by molar-refractivity contribution is -0.141. The minimum absolute atomic E-state index is 0.243. The smallest absolute Gasteiger partial charge is 0.306 e. The van der Waals surface area contributed by atoms with Gasteiger partial charge in [-0.25, -0.2) is 4.39 Å². The van der Waals surface area contributed by atoms with E-state index in [1.165, 1.54) is 6.07 Å². The van der Waals surface area contributed by atoms with E-state index in [1.807, 2.05) is 13.0 Å². The number of hydrogen-bond donors (Lipinski definition) is 1.